The van der Waals surface area contributed by atoms with E-state index in [1.807, 2.05) is 0 Å². The molecule has 7 nitrogen and oxygen atoms in total. The lowest BCUT2D eigenvalue weighted by Gasteiger charge is -2.33. The van der Waals surface area contributed by atoms with Gasteiger partial charge < -0.3 is 10.6 Å². The Hall–Kier alpha value is -3.45. The molecule has 2 unspecified atom stereocenters. The molecule has 0 bridgehead atoms. The van der Waals surface area contributed by atoms with Crippen molar-refractivity contribution >= 4 is 11.8 Å². The Morgan fingerprint density at radius 2 is 2.00 bits per heavy atom. The van der Waals surface area contributed by atoms with Crippen LogP contribution in [0.25, 0.3) is 0 Å². The second-order valence-corrected chi connectivity index (χ2v) is 9.09. The van der Waals surface area contributed by atoms with Crippen LogP contribution < -0.4 is 16.0 Å². The zero-order valence-electron chi connectivity index (χ0n) is 19.4. The fourth-order valence-corrected chi connectivity index (χ4v) is 3.66. The van der Waals surface area contributed by atoms with Gasteiger partial charge in [-0.3, -0.25) is 19.9 Å². The average Bonchev–Trinajstić information content (AvgIpc) is 3.65. The third kappa shape index (κ3) is 6.36. The summed E-state index contributed by atoms with van der Waals surface area (Å²) in [4.78, 5) is 33.0. The van der Waals surface area contributed by atoms with Gasteiger partial charge in [0.25, 0.3) is 0 Å². The first-order valence-corrected chi connectivity index (χ1v) is 11.5. The Morgan fingerprint density at radius 1 is 1.23 bits per heavy atom. The number of hydrogen-bond donors (Lipinski definition) is 3. The van der Waals surface area contributed by atoms with E-state index >= 15 is 0 Å². The minimum Gasteiger partial charge on any atom is -0.352 e. The standard InChI is InChI=1S/C25H26F3N5O2/c1-14(2)24(35)31-11-16-6-8-19(25(26,27)28)18(9-16)23-32-20(10-22(34)33-23)21-13-29-17(12-30-21)7-5-15-3-4-15/h6,8-9,12-15,20,23,32H,3-4,10-11H2,1-2H3,(H,31,35)(H,33,34). The van der Waals surface area contributed by atoms with Crippen LogP contribution in [0.5, 0.6) is 0 Å². The quantitative estimate of drug-likeness (QED) is 0.565. The molecule has 2 aromatic rings. The SMILES string of the molecule is CC(C)C(=O)NCc1ccc(C(F)(F)F)c(C2NC(=O)CC(c3cnc(C#CC4CC4)cn3)N2)c1. The van der Waals surface area contributed by atoms with Crippen LogP contribution >= 0.6 is 0 Å². The lowest BCUT2D eigenvalue weighted by atomic mass is 9.97. The summed E-state index contributed by atoms with van der Waals surface area (Å²) in [5, 5.41) is 8.36. The number of nitrogens with zero attached hydrogens (tertiary/aromatic N) is 2. The van der Waals surface area contributed by atoms with E-state index in [1.165, 1.54) is 24.5 Å². The molecule has 35 heavy (non-hydrogen) atoms. The summed E-state index contributed by atoms with van der Waals surface area (Å²) >= 11 is 0. The zero-order chi connectivity index (χ0) is 25.2. The van der Waals surface area contributed by atoms with Crippen molar-refractivity contribution in [3.8, 4) is 11.8 Å². The molecule has 0 radical (unpaired) electrons. The molecule has 1 aromatic carbocycles. The summed E-state index contributed by atoms with van der Waals surface area (Å²) < 4.78 is 41.4. The van der Waals surface area contributed by atoms with Gasteiger partial charge in [-0.1, -0.05) is 25.8 Å². The van der Waals surface area contributed by atoms with Gasteiger partial charge in [0.15, 0.2) is 0 Å². The highest BCUT2D eigenvalue weighted by molar-refractivity contribution is 5.78. The number of alkyl halides is 3. The van der Waals surface area contributed by atoms with Crippen molar-refractivity contribution in [2.75, 3.05) is 0 Å². The van der Waals surface area contributed by atoms with Crippen LogP contribution in [0.1, 0.15) is 73.4 Å². The molecule has 1 aromatic heterocycles. The maximum atomic E-state index is 13.8. The van der Waals surface area contributed by atoms with Crippen LogP contribution in [0.2, 0.25) is 0 Å². The highest BCUT2D eigenvalue weighted by atomic mass is 19.4. The van der Waals surface area contributed by atoms with Gasteiger partial charge >= 0.3 is 6.18 Å². The highest BCUT2D eigenvalue weighted by Crippen LogP contribution is 2.36. The van der Waals surface area contributed by atoms with E-state index in [0.717, 1.165) is 18.9 Å². The number of carbonyl (C=O) groups is 2. The van der Waals surface area contributed by atoms with E-state index in [-0.39, 0.29) is 30.4 Å². The van der Waals surface area contributed by atoms with Crippen molar-refractivity contribution < 1.29 is 22.8 Å². The summed E-state index contributed by atoms with van der Waals surface area (Å²) in [6.45, 7) is 3.52. The predicted molar refractivity (Wildman–Crippen MR) is 121 cm³/mol. The number of benzene rings is 1. The van der Waals surface area contributed by atoms with E-state index < -0.39 is 29.9 Å². The maximum Gasteiger partial charge on any atom is 0.416 e. The molecule has 10 heteroatoms. The second-order valence-electron chi connectivity index (χ2n) is 9.09. The predicted octanol–water partition coefficient (Wildman–Crippen LogP) is 3.38. The first-order valence-electron chi connectivity index (χ1n) is 11.5. The molecule has 2 aliphatic rings. The molecule has 2 atom stereocenters. The Morgan fingerprint density at radius 3 is 2.63 bits per heavy atom. The van der Waals surface area contributed by atoms with Gasteiger partial charge in [-0.05, 0) is 36.5 Å². The van der Waals surface area contributed by atoms with Gasteiger partial charge in [-0.2, -0.15) is 13.2 Å². The molecule has 1 saturated carbocycles. The van der Waals surface area contributed by atoms with Crippen molar-refractivity contribution in [2.45, 2.75) is 58.0 Å². The van der Waals surface area contributed by atoms with E-state index in [0.29, 0.717) is 22.9 Å². The minimum atomic E-state index is -4.63. The summed E-state index contributed by atoms with van der Waals surface area (Å²) in [6, 6.07) is 3.02. The fraction of sp³-hybridized carbons (Fsp3) is 0.440. The molecule has 3 N–H and O–H groups in total. The lowest BCUT2D eigenvalue weighted by Crippen LogP contribution is -2.47. The molecule has 4 rings (SSSR count). The Balaban J connectivity index is 1.57. The average molecular weight is 486 g/mol. The van der Waals surface area contributed by atoms with Gasteiger partial charge in [0.1, 0.15) is 11.9 Å². The largest absolute Gasteiger partial charge is 0.416 e. The van der Waals surface area contributed by atoms with Crippen molar-refractivity contribution in [2.24, 2.45) is 11.8 Å². The lowest BCUT2D eigenvalue weighted by molar-refractivity contribution is -0.139. The fourth-order valence-electron chi connectivity index (χ4n) is 3.66. The third-order valence-corrected chi connectivity index (χ3v) is 5.80. The van der Waals surface area contributed by atoms with Crippen LogP contribution in [0.15, 0.2) is 30.6 Å². The van der Waals surface area contributed by atoms with E-state index in [2.05, 4.69) is 37.8 Å². The topological polar surface area (TPSA) is 96.0 Å². The van der Waals surface area contributed by atoms with Crippen molar-refractivity contribution in [1.82, 2.24) is 25.9 Å². The summed E-state index contributed by atoms with van der Waals surface area (Å²) in [5.74, 6) is 5.59. The van der Waals surface area contributed by atoms with E-state index in [1.54, 1.807) is 13.8 Å². The minimum absolute atomic E-state index is 0.00374. The highest BCUT2D eigenvalue weighted by Gasteiger charge is 2.38. The first kappa shape index (κ1) is 24.7. The number of rotatable bonds is 5. The Kier molecular flexibility index (Phi) is 7.08. The third-order valence-electron chi connectivity index (χ3n) is 5.80. The first-order chi connectivity index (χ1) is 16.6. The number of amides is 2. The van der Waals surface area contributed by atoms with Crippen molar-refractivity contribution in [1.29, 1.82) is 0 Å². The number of hydrogen-bond acceptors (Lipinski definition) is 5. The molecular formula is C25H26F3N5O2. The molecule has 2 amide bonds. The normalized spacial score (nSPS) is 20.1. The molecule has 1 aliphatic heterocycles. The zero-order valence-corrected chi connectivity index (χ0v) is 19.4. The van der Waals surface area contributed by atoms with Gasteiger partial charge in [-0.15, -0.1) is 0 Å². The number of nitrogens with one attached hydrogen (secondary N) is 3. The monoisotopic (exact) mass is 485 g/mol. The smallest absolute Gasteiger partial charge is 0.352 e. The van der Waals surface area contributed by atoms with Crippen molar-refractivity contribution in [3.05, 3.63) is 58.7 Å². The van der Waals surface area contributed by atoms with Gasteiger partial charge in [0, 0.05) is 30.4 Å². The van der Waals surface area contributed by atoms with Crippen LogP contribution in [0.3, 0.4) is 0 Å². The molecule has 184 valence electrons. The summed E-state index contributed by atoms with van der Waals surface area (Å²) in [5.41, 5.74) is 0.431. The molecule has 1 saturated heterocycles. The van der Waals surface area contributed by atoms with Crippen LogP contribution in [-0.4, -0.2) is 21.8 Å². The summed E-state index contributed by atoms with van der Waals surface area (Å²) in [6.07, 6.45) is -0.548. The van der Waals surface area contributed by atoms with Crippen LogP contribution in [0.4, 0.5) is 13.2 Å². The molecule has 2 heterocycles. The molecule has 1 aliphatic carbocycles. The number of aromatic nitrogens is 2. The van der Waals surface area contributed by atoms with Gasteiger partial charge in [0.2, 0.25) is 11.8 Å². The van der Waals surface area contributed by atoms with E-state index in [4.69, 9.17) is 0 Å². The van der Waals surface area contributed by atoms with E-state index in [9.17, 15) is 22.8 Å². The van der Waals surface area contributed by atoms with Gasteiger partial charge in [0.05, 0.1) is 29.7 Å². The molecular weight excluding hydrogens is 459 g/mol. The van der Waals surface area contributed by atoms with Gasteiger partial charge in [-0.25, -0.2) is 4.98 Å². The number of halogens is 3. The molecule has 0 spiro atoms. The molecule has 2 fully saturated rings. The van der Waals surface area contributed by atoms with Crippen LogP contribution in [-0.2, 0) is 22.3 Å². The van der Waals surface area contributed by atoms with Crippen molar-refractivity contribution in [3.63, 3.8) is 0 Å². The number of carbonyl (C=O) groups excluding carboxylic acids is 2. The maximum absolute atomic E-state index is 13.8. The second kappa shape index (κ2) is 10.0. The Labute approximate surface area is 201 Å². The van der Waals surface area contributed by atoms with Crippen LogP contribution in [0, 0.1) is 23.7 Å². The Bertz CT molecular complexity index is 1160. The summed E-state index contributed by atoms with van der Waals surface area (Å²) in [7, 11) is 0.